The van der Waals surface area contributed by atoms with E-state index in [0.717, 1.165) is 111 Å². The number of fused-ring (bicyclic) bond motifs is 17. The van der Waals surface area contributed by atoms with Gasteiger partial charge in [-0.1, -0.05) is 206 Å². The molecule has 22 rings (SSSR count). The van der Waals surface area contributed by atoms with Gasteiger partial charge >= 0.3 is 0 Å². The minimum atomic E-state index is 0.614. The van der Waals surface area contributed by atoms with Crippen LogP contribution >= 0.6 is 0 Å². The van der Waals surface area contributed by atoms with E-state index in [1.165, 1.54) is 87.0 Å². The smallest absolute Gasteiger partial charge is 0.235 e. The Bertz CT molecular complexity index is 7090. The lowest BCUT2D eigenvalue weighted by Gasteiger charge is -2.14. The summed E-state index contributed by atoms with van der Waals surface area (Å²) in [6.45, 7) is 0. The molecular formula is C96H59N7. The van der Waals surface area contributed by atoms with Crippen molar-refractivity contribution >= 4 is 131 Å². The summed E-state index contributed by atoms with van der Waals surface area (Å²) in [5, 5.41) is 15.4. The van der Waals surface area contributed by atoms with Crippen LogP contribution in [0.5, 0.6) is 0 Å². The number of rotatable bonds is 9. The molecule has 0 spiro atoms. The van der Waals surface area contributed by atoms with Gasteiger partial charge in [0.15, 0.2) is 0 Å². The first kappa shape index (κ1) is 57.1. The maximum Gasteiger partial charge on any atom is 0.235 e. The summed E-state index contributed by atoms with van der Waals surface area (Å²) < 4.78 is 11.9. The molecule has 6 heterocycles. The molecule has 0 fully saturated rings. The Balaban J connectivity index is 0.688. The van der Waals surface area contributed by atoms with Gasteiger partial charge in [-0.2, -0.15) is 0 Å². The summed E-state index contributed by atoms with van der Waals surface area (Å²) in [4.78, 5) is 11.1. The van der Waals surface area contributed by atoms with Gasteiger partial charge in [0.2, 0.25) is 5.95 Å². The van der Waals surface area contributed by atoms with E-state index in [9.17, 15) is 0 Å². The van der Waals surface area contributed by atoms with E-state index in [0.29, 0.717) is 5.95 Å². The third kappa shape index (κ3) is 8.76. The average molecular weight is 1310 g/mol. The second-order valence-electron chi connectivity index (χ2n) is 27.3. The van der Waals surface area contributed by atoms with Gasteiger partial charge < -0.3 is 18.3 Å². The number of para-hydroxylation sites is 7. The van der Waals surface area contributed by atoms with Crippen molar-refractivity contribution < 1.29 is 0 Å². The molecule has 0 bridgehead atoms. The number of aromatic nitrogens is 7. The monoisotopic (exact) mass is 1310 g/mol. The minimum absolute atomic E-state index is 0.614. The molecule has 0 atom stereocenters. The standard InChI is InChI=1S/C96H59N7/c1-3-23-69(24-4-1)99-85-34-15-10-28-73(85)78-54-63(39-46-89(78)99)66-42-49-92-82(58-66)83-59-67(64-40-47-90-79(55-64)74-29-11-16-35-86(74)100(90)70-25-5-2-6-26-70)43-50-93(83)101(92)71-27-19-22-68(53-71)95-77-32-9-14-33-84(77)97-96(98-95)103-88-37-18-13-31-76(88)81-57-65(44-51-94(81)103)62-41-48-91-80(56-62)75-30-12-17-36-87(75)102(91)72-45-38-60-20-7-8-21-61(60)52-72/h1-59H. The lowest BCUT2D eigenvalue weighted by Crippen LogP contribution is -2.03. The fourth-order valence-electron chi connectivity index (χ4n) is 17.0. The highest BCUT2D eigenvalue weighted by atomic mass is 15.2. The molecule has 0 N–H and O–H groups in total. The first-order chi connectivity index (χ1) is 51.1. The van der Waals surface area contributed by atoms with Crippen LogP contribution in [0.1, 0.15) is 0 Å². The first-order valence-corrected chi connectivity index (χ1v) is 35.3. The van der Waals surface area contributed by atoms with Gasteiger partial charge in [0.25, 0.3) is 0 Å². The predicted octanol–water partition coefficient (Wildman–Crippen LogP) is 24.9. The fourth-order valence-corrected chi connectivity index (χ4v) is 17.0. The van der Waals surface area contributed by atoms with Crippen molar-refractivity contribution in [3.8, 4) is 73.3 Å². The lowest BCUT2D eigenvalue weighted by molar-refractivity contribution is 1.01. The van der Waals surface area contributed by atoms with Crippen molar-refractivity contribution in [2.45, 2.75) is 0 Å². The molecule has 0 aliphatic rings. The van der Waals surface area contributed by atoms with Crippen molar-refractivity contribution in [2.75, 3.05) is 0 Å². The molecule has 478 valence electrons. The summed E-state index contributed by atoms with van der Waals surface area (Å²) in [7, 11) is 0. The molecule has 22 aromatic rings. The first-order valence-electron chi connectivity index (χ1n) is 35.3. The van der Waals surface area contributed by atoms with Gasteiger partial charge in [0.05, 0.1) is 66.4 Å². The van der Waals surface area contributed by atoms with E-state index in [2.05, 4.69) is 381 Å². The van der Waals surface area contributed by atoms with E-state index in [1.807, 2.05) is 0 Å². The van der Waals surface area contributed by atoms with Crippen molar-refractivity contribution in [3.63, 3.8) is 0 Å². The molecule has 0 aliphatic heterocycles. The average Bonchev–Trinajstić information content (AvgIpc) is 1.60. The second-order valence-corrected chi connectivity index (χ2v) is 27.3. The Morgan fingerprint density at radius 2 is 0.485 bits per heavy atom. The van der Waals surface area contributed by atoms with E-state index in [4.69, 9.17) is 9.97 Å². The summed E-state index contributed by atoms with van der Waals surface area (Å²) in [6, 6.07) is 131. The van der Waals surface area contributed by atoms with Crippen LogP contribution in [0.4, 0.5) is 0 Å². The Hall–Kier alpha value is -13.9. The Morgan fingerprint density at radius 3 is 0.932 bits per heavy atom. The Kier molecular flexibility index (Phi) is 12.4. The highest BCUT2D eigenvalue weighted by molar-refractivity contribution is 6.17. The highest BCUT2D eigenvalue weighted by Crippen LogP contribution is 2.44. The Labute approximate surface area is 591 Å². The van der Waals surface area contributed by atoms with Crippen LogP contribution in [0.3, 0.4) is 0 Å². The topological polar surface area (TPSA) is 50.4 Å². The van der Waals surface area contributed by atoms with Crippen LogP contribution in [-0.2, 0) is 0 Å². The zero-order valence-corrected chi connectivity index (χ0v) is 55.7. The minimum Gasteiger partial charge on any atom is -0.309 e. The molecule has 6 aromatic heterocycles. The van der Waals surface area contributed by atoms with Crippen LogP contribution in [-0.4, -0.2) is 32.8 Å². The molecule has 0 radical (unpaired) electrons. The maximum absolute atomic E-state index is 5.69. The van der Waals surface area contributed by atoms with Crippen LogP contribution in [0, 0.1) is 0 Å². The summed E-state index contributed by atoms with van der Waals surface area (Å²) in [5.74, 6) is 0.614. The number of hydrogen-bond acceptors (Lipinski definition) is 2. The summed E-state index contributed by atoms with van der Waals surface area (Å²) >= 11 is 0. The van der Waals surface area contributed by atoms with Crippen molar-refractivity contribution in [1.29, 1.82) is 0 Å². The molecule has 103 heavy (non-hydrogen) atoms. The van der Waals surface area contributed by atoms with Crippen molar-refractivity contribution in [2.24, 2.45) is 0 Å². The third-order valence-corrected chi connectivity index (χ3v) is 21.6. The molecule has 0 amide bonds. The number of benzene rings is 16. The maximum atomic E-state index is 5.69. The second kappa shape index (κ2) is 22.3. The zero-order valence-electron chi connectivity index (χ0n) is 55.7. The van der Waals surface area contributed by atoms with Crippen LogP contribution in [0.2, 0.25) is 0 Å². The van der Waals surface area contributed by atoms with E-state index < -0.39 is 0 Å². The van der Waals surface area contributed by atoms with Crippen LogP contribution in [0.15, 0.2) is 358 Å². The van der Waals surface area contributed by atoms with Crippen molar-refractivity contribution in [3.05, 3.63) is 358 Å². The summed E-state index contributed by atoms with van der Waals surface area (Å²) in [5.41, 5.74) is 25.5. The molecular weight excluding hydrogens is 1250 g/mol. The largest absolute Gasteiger partial charge is 0.309 e. The van der Waals surface area contributed by atoms with E-state index >= 15 is 0 Å². The molecule has 7 nitrogen and oxygen atoms in total. The van der Waals surface area contributed by atoms with Crippen LogP contribution in [0.25, 0.3) is 204 Å². The molecule has 0 saturated heterocycles. The third-order valence-electron chi connectivity index (χ3n) is 21.6. The van der Waals surface area contributed by atoms with Gasteiger partial charge in [-0.25, -0.2) is 9.97 Å². The normalized spacial score (nSPS) is 12.1. The van der Waals surface area contributed by atoms with E-state index in [1.54, 1.807) is 0 Å². The fraction of sp³-hybridized carbons (Fsp3) is 0. The SMILES string of the molecule is c1ccc(-n2c3ccccc3c3cc(-c4ccc5c(c4)c4cc(-c6ccc7c(c6)c6ccccc6n7-c6ccccc6)ccc4n5-c4cccc(-c5nc(-n6c7ccccc7c7cc(-c8ccc9c(c8)c8ccccc8n9-c8ccc9ccccc9c8)ccc76)nc6ccccc56)c4)ccc32)cc1. The lowest BCUT2D eigenvalue weighted by atomic mass is 9.98. The predicted molar refractivity (Wildman–Crippen MR) is 430 cm³/mol. The number of hydrogen-bond donors (Lipinski definition) is 0. The highest BCUT2D eigenvalue weighted by Gasteiger charge is 2.23. The molecule has 0 unspecified atom stereocenters. The van der Waals surface area contributed by atoms with Crippen LogP contribution < -0.4 is 0 Å². The number of nitrogens with zero attached hydrogens (tertiary/aromatic N) is 7. The molecule has 7 heteroatoms. The van der Waals surface area contributed by atoms with Gasteiger partial charge in [0.1, 0.15) is 0 Å². The van der Waals surface area contributed by atoms with E-state index in [-0.39, 0.29) is 0 Å². The quantitative estimate of drug-likeness (QED) is 0.145. The molecule has 16 aromatic carbocycles. The summed E-state index contributed by atoms with van der Waals surface area (Å²) in [6.07, 6.45) is 0. The van der Waals surface area contributed by atoms with Crippen molar-refractivity contribution in [1.82, 2.24) is 32.8 Å². The molecule has 0 aliphatic carbocycles. The van der Waals surface area contributed by atoms with Gasteiger partial charge in [-0.05, 0) is 196 Å². The Morgan fingerprint density at radius 1 is 0.165 bits per heavy atom. The molecule has 0 saturated carbocycles. The zero-order chi connectivity index (χ0) is 67.4. The van der Waals surface area contributed by atoms with Gasteiger partial charge in [0, 0.05) is 87.6 Å². The van der Waals surface area contributed by atoms with Gasteiger partial charge in [-0.15, -0.1) is 0 Å². The van der Waals surface area contributed by atoms with Gasteiger partial charge in [-0.3, -0.25) is 4.57 Å².